The molecule has 0 saturated carbocycles. The number of thiophene rings is 1. The molecule has 1 amide bonds. The molecule has 29 heavy (non-hydrogen) atoms. The van der Waals surface area contributed by atoms with Crippen LogP contribution in [-0.4, -0.2) is 55.2 Å². The van der Waals surface area contributed by atoms with Gasteiger partial charge in [0.2, 0.25) is 0 Å². The monoisotopic (exact) mass is 453 g/mol. The number of ether oxygens (including phenoxy) is 1. The van der Waals surface area contributed by atoms with Crippen LogP contribution in [0.2, 0.25) is 0 Å². The third-order valence-electron chi connectivity index (χ3n) is 4.53. The molecule has 1 fully saturated rings. The number of carbonyl (C=O) groups is 1. The van der Waals surface area contributed by atoms with Crippen molar-refractivity contribution in [2.45, 2.75) is 0 Å². The summed E-state index contributed by atoms with van der Waals surface area (Å²) in [6, 6.07) is 8.78. The lowest BCUT2D eigenvalue weighted by molar-refractivity contribution is -0.114. The highest BCUT2D eigenvalue weighted by atomic mass is 35.5. The first kappa shape index (κ1) is 21.9. The van der Waals surface area contributed by atoms with Crippen molar-refractivity contribution < 1.29 is 13.9 Å². The molecular formula is C20H21ClFN3O2S2. The normalized spacial score (nSPS) is 14.9. The summed E-state index contributed by atoms with van der Waals surface area (Å²) in [5.41, 5.74) is 0.314. The van der Waals surface area contributed by atoms with Gasteiger partial charge in [-0.15, -0.1) is 23.7 Å². The molecule has 2 aromatic heterocycles. The Morgan fingerprint density at radius 2 is 2.10 bits per heavy atom. The molecule has 5 nitrogen and oxygen atoms in total. The predicted molar refractivity (Wildman–Crippen MR) is 120 cm³/mol. The van der Waals surface area contributed by atoms with Gasteiger partial charge < -0.3 is 4.74 Å². The topological polar surface area (TPSA) is 45.7 Å². The highest BCUT2D eigenvalue weighted by molar-refractivity contribution is 7.22. The number of rotatable bonds is 6. The third-order valence-corrected chi connectivity index (χ3v) is 6.41. The first-order valence-electron chi connectivity index (χ1n) is 9.09. The molecule has 0 bridgehead atoms. The second-order valence-corrected chi connectivity index (χ2v) is 8.36. The summed E-state index contributed by atoms with van der Waals surface area (Å²) in [6.45, 7) is 4.33. The van der Waals surface area contributed by atoms with Gasteiger partial charge in [0, 0.05) is 37.1 Å². The fourth-order valence-corrected chi connectivity index (χ4v) is 4.64. The number of fused-ring (bicyclic) bond motifs is 1. The summed E-state index contributed by atoms with van der Waals surface area (Å²) in [5.74, 6) is -0.518. The van der Waals surface area contributed by atoms with Gasteiger partial charge >= 0.3 is 0 Å². The summed E-state index contributed by atoms with van der Waals surface area (Å²) in [6.07, 6.45) is 3.37. The zero-order valence-corrected chi connectivity index (χ0v) is 18.1. The van der Waals surface area contributed by atoms with E-state index < -0.39 is 0 Å². The zero-order chi connectivity index (χ0) is 19.3. The maximum absolute atomic E-state index is 14.1. The largest absolute Gasteiger partial charge is 0.379 e. The molecule has 154 valence electrons. The molecule has 0 atom stereocenters. The molecule has 1 aromatic carbocycles. The lowest BCUT2D eigenvalue weighted by Gasteiger charge is -2.28. The molecule has 0 spiro atoms. The Balaban J connectivity index is 0.00000240. The maximum Gasteiger partial charge on any atom is 0.252 e. The van der Waals surface area contributed by atoms with Crippen LogP contribution >= 0.6 is 35.1 Å². The van der Waals surface area contributed by atoms with Gasteiger partial charge in [-0.1, -0.05) is 23.5 Å². The number of carbonyl (C=O) groups excluding carboxylic acids is 1. The fraction of sp³-hybridized carbons (Fsp3) is 0.300. The molecule has 9 heteroatoms. The number of anilines is 1. The molecule has 0 unspecified atom stereocenters. The molecule has 0 aliphatic carbocycles. The van der Waals surface area contributed by atoms with E-state index in [1.165, 1.54) is 17.4 Å². The lowest BCUT2D eigenvalue weighted by Crippen LogP contribution is -2.42. The van der Waals surface area contributed by atoms with Crippen molar-refractivity contribution in [2.75, 3.05) is 44.3 Å². The number of para-hydroxylation sites is 1. The van der Waals surface area contributed by atoms with Crippen LogP contribution in [0.4, 0.5) is 9.52 Å². The SMILES string of the molecule is Cl.O=C(C=Cc1cccs1)N(CCN1CCOCC1)c1nc2c(F)cccc2s1. The van der Waals surface area contributed by atoms with Crippen LogP contribution in [0, 0.1) is 5.82 Å². The summed E-state index contributed by atoms with van der Waals surface area (Å²) in [5, 5.41) is 2.49. The van der Waals surface area contributed by atoms with E-state index in [0.717, 1.165) is 29.2 Å². The van der Waals surface area contributed by atoms with E-state index >= 15 is 0 Å². The number of hydrogen-bond acceptors (Lipinski definition) is 6. The lowest BCUT2D eigenvalue weighted by atomic mass is 10.3. The van der Waals surface area contributed by atoms with Crippen LogP contribution < -0.4 is 4.90 Å². The standard InChI is InChI=1S/C20H20FN3O2S2.ClH/c21-16-4-1-5-17-19(16)22-20(28-17)24(9-8-23-10-12-26-13-11-23)18(25)7-6-15-3-2-14-27-15;/h1-7,14H,8-13H2;1H. The minimum Gasteiger partial charge on any atom is -0.379 e. The van der Waals surface area contributed by atoms with E-state index in [9.17, 15) is 9.18 Å². The molecule has 4 rings (SSSR count). The molecule has 3 heterocycles. The number of benzene rings is 1. The van der Waals surface area contributed by atoms with E-state index in [-0.39, 0.29) is 24.1 Å². The average Bonchev–Trinajstić information content (AvgIpc) is 3.38. The van der Waals surface area contributed by atoms with Crippen molar-refractivity contribution in [3.05, 3.63) is 52.5 Å². The van der Waals surface area contributed by atoms with Crippen LogP contribution in [-0.2, 0) is 9.53 Å². The van der Waals surface area contributed by atoms with Gasteiger partial charge in [0.05, 0.1) is 17.9 Å². The Hall–Kier alpha value is -1.84. The highest BCUT2D eigenvalue weighted by Crippen LogP contribution is 2.30. The van der Waals surface area contributed by atoms with Gasteiger partial charge in [0.15, 0.2) is 5.13 Å². The number of halogens is 2. The Kier molecular flexibility index (Phi) is 7.74. The molecule has 1 saturated heterocycles. The van der Waals surface area contributed by atoms with Crippen molar-refractivity contribution in [3.63, 3.8) is 0 Å². The minimum atomic E-state index is -0.366. The Morgan fingerprint density at radius 3 is 2.83 bits per heavy atom. The summed E-state index contributed by atoms with van der Waals surface area (Å²) >= 11 is 2.91. The minimum absolute atomic E-state index is 0. The van der Waals surface area contributed by atoms with Crippen LogP contribution in [0.3, 0.4) is 0 Å². The van der Waals surface area contributed by atoms with Crippen molar-refractivity contribution in [3.8, 4) is 0 Å². The summed E-state index contributed by atoms with van der Waals surface area (Å²) < 4.78 is 20.2. The number of hydrogen-bond donors (Lipinski definition) is 0. The second-order valence-electron chi connectivity index (χ2n) is 6.38. The van der Waals surface area contributed by atoms with Crippen LogP contribution in [0.15, 0.2) is 41.8 Å². The maximum atomic E-state index is 14.1. The van der Waals surface area contributed by atoms with Gasteiger partial charge in [-0.25, -0.2) is 9.37 Å². The van der Waals surface area contributed by atoms with Crippen LogP contribution in [0.25, 0.3) is 16.3 Å². The van der Waals surface area contributed by atoms with Gasteiger partial charge in [0.25, 0.3) is 5.91 Å². The summed E-state index contributed by atoms with van der Waals surface area (Å²) in [7, 11) is 0. The fourth-order valence-electron chi connectivity index (χ4n) is 3.01. The van der Waals surface area contributed by atoms with E-state index in [1.807, 2.05) is 29.7 Å². The van der Waals surface area contributed by atoms with Gasteiger partial charge in [0.1, 0.15) is 11.3 Å². The van der Waals surface area contributed by atoms with Gasteiger partial charge in [-0.05, 0) is 29.7 Å². The first-order valence-corrected chi connectivity index (χ1v) is 10.8. The molecule has 1 aliphatic heterocycles. The zero-order valence-electron chi connectivity index (χ0n) is 15.6. The van der Waals surface area contributed by atoms with Crippen molar-refractivity contribution in [2.24, 2.45) is 0 Å². The number of morpholine rings is 1. The Labute approximate surface area is 182 Å². The second kappa shape index (κ2) is 10.3. The Bertz CT molecular complexity index is 971. The van der Waals surface area contributed by atoms with E-state index in [2.05, 4.69) is 9.88 Å². The van der Waals surface area contributed by atoms with Crippen LogP contribution in [0.1, 0.15) is 4.88 Å². The highest BCUT2D eigenvalue weighted by Gasteiger charge is 2.21. The smallest absolute Gasteiger partial charge is 0.252 e. The molecule has 3 aromatic rings. The predicted octanol–water partition coefficient (Wildman–Crippen LogP) is 4.30. The van der Waals surface area contributed by atoms with Crippen molar-refractivity contribution in [1.82, 2.24) is 9.88 Å². The molecule has 0 N–H and O–H groups in total. The quantitative estimate of drug-likeness (QED) is 0.522. The van der Waals surface area contributed by atoms with E-state index in [0.29, 0.717) is 30.4 Å². The third kappa shape index (κ3) is 5.40. The van der Waals surface area contributed by atoms with Crippen LogP contribution in [0.5, 0.6) is 0 Å². The van der Waals surface area contributed by atoms with E-state index in [4.69, 9.17) is 4.74 Å². The number of aromatic nitrogens is 1. The number of thiazole rings is 1. The number of amides is 1. The molecule has 1 aliphatic rings. The molecular weight excluding hydrogens is 433 g/mol. The summed E-state index contributed by atoms with van der Waals surface area (Å²) in [4.78, 5) is 22.3. The number of nitrogens with zero attached hydrogens (tertiary/aromatic N) is 3. The van der Waals surface area contributed by atoms with Gasteiger partial charge in [-0.2, -0.15) is 0 Å². The Morgan fingerprint density at radius 1 is 1.28 bits per heavy atom. The van der Waals surface area contributed by atoms with Crippen molar-refractivity contribution in [1.29, 1.82) is 0 Å². The van der Waals surface area contributed by atoms with Crippen molar-refractivity contribution >= 4 is 62.4 Å². The van der Waals surface area contributed by atoms with E-state index in [1.54, 1.807) is 28.4 Å². The average molecular weight is 454 g/mol. The first-order chi connectivity index (χ1) is 13.7. The molecule has 0 radical (unpaired) electrons. The van der Waals surface area contributed by atoms with Gasteiger partial charge in [-0.3, -0.25) is 14.6 Å².